The minimum Gasteiger partial charge on any atom is -0.392 e. The maximum atomic E-state index is 12.3. The highest BCUT2D eigenvalue weighted by molar-refractivity contribution is 6.01. The number of aliphatic hydroxyl groups is 2. The number of unbranched alkanes of at least 4 members (excludes halogenated alkanes) is 15. The predicted octanol–water partition coefficient (Wildman–Crippen LogP) is 6.18. The summed E-state index contributed by atoms with van der Waals surface area (Å²) in [6.07, 6.45) is 22.3. The first-order valence-electron chi connectivity index (χ1n) is 17.7. The summed E-state index contributed by atoms with van der Waals surface area (Å²) in [7, 11) is 0. The van der Waals surface area contributed by atoms with E-state index in [1.165, 1.54) is 77.0 Å². The number of hydrogen-bond acceptors (Lipinski definition) is 8. The van der Waals surface area contributed by atoms with Crippen LogP contribution in [0.15, 0.2) is 0 Å². The summed E-state index contributed by atoms with van der Waals surface area (Å²) in [6.45, 7) is 6.20. The molecule has 2 amide bonds. The summed E-state index contributed by atoms with van der Waals surface area (Å²) in [5.41, 5.74) is 5.97. The number of amides is 2. The molecule has 0 aromatic rings. The molecule has 1 heterocycles. The molecule has 0 aliphatic carbocycles. The van der Waals surface area contributed by atoms with Crippen LogP contribution in [0.3, 0.4) is 0 Å². The molecule has 9 heteroatoms. The monoisotopic (exact) mass is 611 g/mol. The van der Waals surface area contributed by atoms with Crippen LogP contribution in [0.4, 0.5) is 0 Å². The van der Waals surface area contributed by atoms with E-state index in [0.29, 0.717) is 37.5 Å². The van der Waals surface area contributed by atoms with Crippen molar-refractivity contribution in [3.05, 3.63) is 0 Å². The Morgan fingerprint density at radius 1 is 0.698 bits per heavy atom. The number of aliphatic hydroxyl groups excluding tert-OH is 2. The van der Waals surface area contributed by atoms with E-state index in [9.17, 15) is 24.6 Å². The van der Waals surface area contributed by atoms with Gasteiger partial charge in [-0.05, 0) is 32.2 Å². The molecular weight excluding hydrogens is 546 g/mol. The average molecular weight is 612 g/mol. The zero-order valence-electron chi connectivity index (χ0n) is 27.6. The number of nitrogens with zero attached hydrogens (tertiary/aromatic N) is 2. The lowest BCUT2D eigenvalue weighted by atomic mass is 10.0. The van der Waals surface area contributed by atoms with E-state index in [1.807, 2.05) is 0 Å². The molecule has 0 spiro atoms. The predicted molar refractivity (Wildman–Crippen MR) is 172 cm³/mol. The molecule has 1 rings (SSSR count). The molecule has 9 nitrogen and oxygen atoms in total. The highest BCUT2D eigenvalue weighted by Crippen LogP contribution is 2.16. The minimum atomic E-state index is -0.922. The van der Waals surface area contributed by atoms with Crippen molar-refractivity contribution in [2.75, 3.05) is 19.6 Å². The standard InChI is InChI=1S/C34H65N3O6/c1-3-5-7-9-11-13-15-17-21-29(38)27-36(28-30(39)22-18-16-14-12-10-8-6-4-2)26-20-19-23-31(35)34(42)43-37-32(40)24-25-33(37)41/h29-31,38-39H,3-28,35H2,1-2H3/t29-,30-,31+/m0/s1. The van der Waals surface area contributed by atoms with Crippen molar-refractivity contribution in [2.24, 2.45) is 5.73 Å². The normalized spacial score (nSPS) is 15.8. The summed E-state index contributed by atoms with van der Waals surface area (Å²) in [4.78, 5) is 42.7. The second kappa shape index (κ2) is 25.7. The highest BCUT2D eigenvalue weighted by atomic mass is 16.7. The Morgan fingerprint density at radius 3 is 1.53 bits per heavy atom. The smallest absolute Gasteiger partial charge is 0.349 e. The Balaban J connectivity index is 2.41. The lowest BCUT2D eigenvalue weighted by Crippen LogP contribution is -2.40. The van der Waals surface area contributed by atoms with Crippen LogP contribution in [0.5, 0.6) is 0 Å². The second-order valence-corrected chi connectivity index (χ2v) is 12.7. The van der Waals surface area contributed by atoms with E-state index >= 15 is 0 Å². The van der Waals surface area contributed by atoms with Crippen LogP contribution in [0, 0.1) is 0 Å². The first-order chi connectivity index (χ1) is 20.8. The van der Waals surface area contributed by atoms with Gasteiger partial charge in [-0.2, -0.15) is 0 Å². The zero-order chi connectivity index (χ0) is 31.7. The molecule has 0 unspecified atom stereocenters. The molecule has 1 aliphatic rings. The summed E-state index contributed by atoms with van der Waals surface area (Å²) >= 11 is 0. The van der Waals surface area contributed by atoms with Gasteiger partial charge in [0.15, 0.2) is 0 Å². The summed E-state index contributed by atoms with van der Waals surface area (Å²) in [5.74, 6) is -1.81. The molecule has 252 valence electrons. The van der Waals surface area contributed by atoms with Gasteiger partial charge in [-0.3, -0.25) is 14.5 Å². The molecular formula is C34H65N3O6. The van der Waals surface area contributed by atoms with Gasteiger partial charge in [0.2, 0.25) is 0 Å². The molecule has 3 atom stereocenters. The molecule has 0 bridgehead atoms. The number of carbonyl (C=O) groups excluding carboxylic acids is 3. The fraction of sp³-hybridized carbons (Fsp3) is 0.912. The Bertz CT molecular complexity index is 693. The number of carbonyl (C=O) groups is 3. The van der Waals surface area contributed by atoms with Gasteiger partial charge in [0, 0.05) is 25.9 Å². The van der Waals surface area contributed by atoms with E-state index in [4.69, 9.17) is 10.6 Å². The van der Waals surface area contributed by atoms with E-state index in [0.717, 1.165) is 44.9 Å². The fourth-order valence-corrected chi connectivity index (χ4v) is 5.70. The van der Waals surface area contributed by atoms with Gasteiger partial charge < -0.3 is 20.8 Å². The van der Waals surface area contributed by atoms with E-state index in [-0.39, 0.29) is 12.8 Å². The third kappa shape index (κ3) is 20.2. The van der Waals surface area contributed by atoms with Crippen LogP contribution in [-0.2, 0) is 19.2 Å². The first kappa shape index (κ1) is 39.5. The Hall–Kier alpha value is -1.55. The van der Waals surface area contributed by atoms with Gasteiger partial charge in [-0.15, -0.1) is 5.06 Å². The molecule has 0 radical (unpaired) electrons. The van der Waals surface area contributed by atoms with Gasteiger partial charge in [0.05, 0.1) is 12.2 Å². The summed E-state index contributed by atoms with van der Waals surface area (Å²) < 4.78 is 0. The quantitative estimate of drug-likeness (QED) is 0.0675. The Labute approximate surface area is 262 Å². The third-order valence-corrected chi connectivity index (χ3v) is 8.45. The zero-order valence-corrected chi connectivity index (χ0v) is 27.6. The van der Waals surface area contributed by atoms with Gasteiger partial charge in [-0.1, -0.05) is 123 Å². The first-order valence-corrected chi connectivity index (χ1v) is 17.7. The van der Waals surface area contributed by atoms with E-state index in [2.05, 4.69) is 18.7 Å². The van der Waals surface area contributed by atoms with Gasteiger partial charge in [0.1, 0.15) is 6.04 Å². The molecule has 1 saturated heterocycles. The highest BCUT2D eigenvalue weighted by Gasteiger charge is 2.34. The van der Waals surface area contributed by atoms with Crippen LogP contribution in [-0.4, -0.2) is 75.8 Å². The summed E-state index contributed by atoms with van der Waals surface area (Å²) in [5, 5.41) is 22.1. The number of hydroxylamine groups is 2. The lowest BCUT2D eigenvalue weighted by molar-refractivity contribution is -0.198. The van der Waals surface area contributed by atoms with Crippen molar-refractivity contribution in [3.63, 3.8) is 0 Å². The van der Waals surface area contributed by atoms with Crippen molar-refractivity contribution >= 4 is 17.8 Å². The van der Waals surface area contributed by atoms with Crippen LogP contribution in [0.25, 0.3) is 0 Å². The van der Waals surface area contributed by atoms with Crippen LogP contribution in [0.2, 0.25) is 0 Å². The second-order valence-electron chi connectivity index (χ2n) is 12.7. The summed E-state index contributed by atoms with van der Waals surface area (Å²) in [6, 6.07) is -0.922. The van der Waals surface area contributed by atoms with Crippen molar-refractivity contribution in [3.8, 4) is 0 Å². The Kier molecular flexibility index (Phi) is 23.6. The molecule has 4 N–H and O–H groups in total. The minimum absolute atomic E-state index is 0.0486. The molecule has 0 aromatic heterocycles. The van der Waals surface area contributed by atoms with Gasteiger partial charge in [0.25, 0.3) is 11.8 Å². The molecule has 0 saturated carbocycles. The third-order valence-electron chi connectivity index (χ3n) is 8.45. The van der Waals surface area contributed by atoms with Gasteiger partial charge in [-0.25, -0.2) is 4.79 Å². The number of nitrogens with two attached hydrogens (primary N) is 1. The Morgan fingerprint density at radius 2 is 1.09 bits per heavy atom. The van der Waals surface area contributed by atoms with E-state index in [1.54, 1.807) is 0 Å². The van der Waals surface area contributed by atoms with Crippen LogP contribution >= 0.6 is 0 Å². The van der Waals surface area contributed by atoms with Gasteiger partial charge >= 0.3 is 5.97 Å². The van der Waals surface area contributed by atoms with Crippen molar-refractivity contribution in [1.82, 2.24) is 9.96 Å². The number of rotatable bonds is 29. The van der Waals surface area contributed by atoms with Crippen LogP contribution in [0.1, 0.15) is 162 Å². The molecule has 1 fully saturated rings. The average Bonchev–Trinajstić information content (AvgIpc) is 3.29. The SMILES string of the molecule is CCCCCCCCCC[C@H](O)CN(CCCC[C@@H](N)C(=O)ON1C(=O)CCC1=O)C[C@@H](O)CCCCCCCCCC. The topological polar surface area (TPSA) is 133 Å². The molecule has 1 aliphatic heterocycles. The maximum Gasteiger partial charge on any atom is 0.349 e. The molecule has 0 aromatic carbocycles. The van der Waals surface area contributed by atoms with Crippen LogP contribution < -0.4 is 5.73 Å². The maximum absolute atomic E-state index is 12.3. The fourth-order valence-electron chi connectivity index (χ4n) is 5.70. The lowest BCUT2D eigenvalue weighted by Gasteiger charge is -2.27. The van der Waals surface area contributed by atoms with Crippen molar-refractivity contribution in [2.45, 2.75) is 180 Å². The number of hydrogen-bond donors (Lipinski definition) is 3. The molecule has 43 heavy (non-hydrogen) atoms. The number of imide groups is 1. The van der Waals surface area contributed by atoms with Crippen molar-refractivity contribution < 1.29 is 29.4 Å². The van der Waals surface area contributed by atoms with Crippen molar-refractivity contribution in [1.29, 1.82) is 0 Å². The van der Waals surface area contributed by atoms with E-state index < -0.39 is 36.0 Å². The largest absolute Gasteiger partial charge is 0.392 e.